The van der Waals surface area contributed by atoms with Gasteiger partial charge in [-0.25, -0.2) is 0 Å². The topological polar surface area (TPSA) is 9.86 Å². The molecule has 41 heavy (non-hydrogen) atoms. The van der Waals surface area contributed by atoms with E-state index in [4.69, 9.17) is 0 Å². The van der Waals surface area contributed by atoms with Crippen molar-refractivity contribution in [3.8, 4) is 5.69 Å². The van der Waals surface area contributed by atoms with Crippen LogP contribution < -0.4 is 10.9 Å². The molecule has 1 fully saturated rings. The van der Waals surface area contributed by atoms with Gasteiger partial charge in [0.05, 0.1) is 16.6 Å². The average molecular weight is 561 g/mol. The van der Waals surface area contributed by atoms with E-state index in [1.165, 1.54) is 78.4 Å². The van der Waals surface area contributed by atoms with E-state index in [9.17, 15) is 0 Å². The Balaban J connectivity index is 1.32. The summed E-state index contributed by atoms with van der Waals surface area (Å²) < 4.78 is 5.32. The van der Waals surface area contributed by atoms with Crippen LogP contribution in [0.4, 0.5) is 0 Å². The van der Waals surface area contributed by atoms with Gasteiger partial charge in [-0.05, 0) is 78.1 Å². The second kappa shape index (κ2) is 7.64. The molecule has 0 saturated heterocycles. The minimum Gasteiger partial charge on any atom is -0.338 e. The monoisotopic (exact) mass is 560 g/mol. The Morgan fingerprint density at radius 1 is 0.634 bits per heavy atom. The molecule has 1 aliphatic carbocycles. The first-order chi connectivity index (χ1) is 20.3. The Morgan fingerprint density at radius 3 is 2.41 bits per heavy atom. The summed E-state index contributed by atoms with van der Waals surface area (Å²) in [5.74, 6) is 0.659. The fraction of sp³-hybridized carbons (Fsp3) is 0.167. The number of para-hydroxylation sites is 2. The number of thioether (sulfide) groups is 1. The molecule has 0 bridgehead atoms. The minimum atomic E-state index is 0.530. The second-order valence-electron chi connectivity index (χ2n) is 12.3. The fourth-order valence-electron chi connectivity index (χ4n) is 9.06. The highest BCUT2D eigenvalue weighted by Crippen LogP contribution is 2.57. The summed E-state index contributed by atoms with van der Waals surface area (Å²) in [4.78, 5) is 4.52. The van der Waals surface area contributed by atoms with E-state index < -0.39 is 0 Å². The summed E-state index contributed by atoms with van der Waals surface area (Å²) in [6.45, 7) is 0.530. The third-order valence-electron chi connectivity index (χ3n) is 10.5. The molecule has 0 radical (unpaired) electrons. The first kappa shape index (κ1) is 22.1. The summed E-state index contributed by atoms with van der Waals surface area (Å²) >= 11 is 4.19. The highest BCUT2D eigenvalue weighted by atomic mass is 32.2. The van der Waals surface area contributed by atoms with E-state index in [1.807, 2.05) is 11.8 Å². The van der Waals surface area contributed by atoms with Crippen LogP contribution in [0.15, 0.2) is 112 Å². The SMILES string of the molecule is c1ccc(-n2c3ccccc3c3cc4c5ccc6c7c5n(c4cc32)C2CCCC3Sc4cccc(c4B7C32)S6)cc1. The van der Waals surface area contributed by atoms with Crippen molar-refractivity contribution in [1.29, 1.82) is 0 Å². The van der Waals surface area contributed by atoms with Gasteiger partial charge in [0.25, 0.3) is 0 Å². The molecular formula is C36H25BN2S2. The first-order valence-electron chi connectivity index (χ1n) is 14.9. The molecule has 4 aliphatic rings. The molecule has 2 aromatic heterocycles. The molecule has 7 aromatic rings. The van der Waals surface area contributed by atoms with E-state index in [1.54, 1.807) is 15.8 Å². The van der Waals surface area contributed by atoms with Crippen LogP contribution >= 0.6 is 23.5 Å². The Bertz CT molecular complexity index is 2280. The number of aromatic nitrogens is 2. The van der Waals surface area contributed by atoms with Gasteiger partial charge in [-0.1, -0.05) is 66.7 Å². The smallest absolute Gasteiger partial charge is 0.222 e. The normalized spacial score (nSPS) is 21.9. The van der Waals surface area contributed by atoms with Crippen molar-refractivity contribution in [3.63, 3.8) is 0 Å². The molecule has 0 amide bonds. The zero-order valence-corrected chi connectivity index (χ0v) is 24.0. The van der Waals surface area contributed by atoms with E-state index in [0.29, 0.717) is 23.8 Å². The Hall–Kier alpha value is -3.54. The quantitative estimate of drug-likeness (QED) is 0.186. The highest BCUT2D eigenvalue weighted by Gasteiger charge is 2.53. The van der Waals surface area contributed by atoms with Gasteiger partial charge in [0, 0.05) is 58.7 Å². The van der Waals surface area contributed by atoms with Crippen LogP contribution in [0.5, 0.6) is 0 Å². The average Bonchev–Trinajstić information content (AvgIpc) is 3.52. The van der Waals surface area contributed by atoms with E-state index in [-0.39, 0.29) is 0 Å². The lowest BCUT2D eigenvalue weighted by molar-refractivity contribution is 0.368. The van der Waals surface area contributed by atoms with Crippen molar-refractivity contribution in [2.24, 2.45) is 0 Å². The van der Waals surface area contributed by atoms with Crippen LogP contribution in [0.25, 0.3) is 49.3 Å². The molecule has 5 aromatic carbocycles. The molecular weight excluding hydrogens is 535 g/mol. The maximum absolute atomic E-state index is 2.84. The molecule has 194 valence electrons. The highest BCUT2D eigenvalue weighted by molar-refractivity contribution is 8.01. The fourth-order valence-corrected chi connectivity index (χ4v) is 12.0. The molecule has 2 nitrogen and oxygen atoms in total. The molecule has 5 heteroatoms. The molecule has 11 rings (SSSR count). The van der Waals surface area contributed by atoms with E-state index in [0.717, 1.165) is 0 Å². The third-order valence-corrected chi connectivity index (χ3v) is 13.1. The predicted octanol–water partition coefficient (Wildman–Crippen LogP) is 8.55. The molecule has 5 heterocycles. The number of hydrogen-bond acceptors (Lipinski definition) is 2. The summed E-state index contributed by atoms with van der Waals surface area (Å²) in [6.07, 6.45) is 3.94. The first-order valence-corrected chi connectivity index (χ1v) is 16.6. The van der Waals surface area contributed by atoms with Crippen LogP contribution in [0.2, 0.25) is 5.82 Å². The van der Waals surface area contributed by atoms with Crippen LogP contribution in [0.3, 0.4) is 0 Å². The Kier molecular flexibility index (Phi) is 4.12. The predicted molar refractivity (Wildman–Crippen MR) is 176 cm³/mol. The number of nitrogens with zero attached hydrogens (tertiary/aromatic N) is 2. The lowest BCUT2D eigenvalue weighted by atomic mass is 9.29. The van der Waals surface area contributed by atoms with Crippen LogP contribution in [0, 0.1) is 0 Å². The minimum absolute atomic E-state index is 0.530. The maximum atomic E-state index is 2.84. The number of benzene rings is 5. The van der Waals surface area contributed by atoms with Crippen molar-refractivity contribution < 1.29 is 0 Å². The summed E-state index contributed by atoms with van der Waals surface area (Å²) in [6, 6.07) is 37.4. The lowest BCUT2D eigenvalue weighted by Gasteiger charge is -2.50. The largest absolute Gasteiger partial charge is 0.338 e. The Morgan fingerprint density at radius 2 is 1.46 bits per heavy atom. The van der Waals surface area contributed by atoms with Crippen molar-refractivity contribution >= 4 is 84.8 Å². The van der Waals surface area contributed by atoms with Gasteiger partial charge in [-0.15, -0.1) is 11.8 Å². The van der Waals surface area contributed by atoms with Crippen LogP contribution in [-0.2, 0) is 0 Å². The summed E-state index contributed by atoms with van der Waals surface area (Å²) in [7, 11) is 0. The molecule has 3 unspecified atom stereocenters. The lowest BCUT2D eigenvalue weighted by Crippen LogP contribution is -2.60. The van der Waals surface area contributed by atoms with Gasteiger partial charge in [0.1, 0.15) is 0 Å². The van der Waals surface area contributed by atoms with Gasteiger partial charge in [0.15, 0.2) is 0 Å². The summed E-state index contributed by atoms with van der Waals surface area (Å²) in [5, 5.41) is 6.24. The van der Waals surface area contributed by atoms with Gasteiger partial charge >= 0.3 is 0 Å². The third kappa shape index (κ3) is 2.62. The van der Waals surface area contributed by atoms with E-state index >= 15 is 0 Å². The maximum Gasteiger partial charge on any atom is 0.222 e. The van der Waals surface area contributed by atoms with Gasteiger partial charge in [0.2, 0.25) is 6.71 Å². The second-order valence-corrected chi connectivity index (χ2v) is 14.7. The van der Waals surface area contributed by atoms with Crippen LogP contribution in [-0.4, -0.2) is 21.1 Å². The van der Waals surface area contributed by atoms with Crippen molar-refractivity contribution in [2.75, 3.05) is 0 Å². The molecule has 3 atom stereocenters. The van der Waals surface area contributed by atoms with Crippen LogP contribution in [0.1, 0.15) is 25.3 Å². The zero-order chi connectivity index (χ0) is 26.4. The Labute approximate surface area is 246 Å². The molecule has 0 spiro atoms. The molecule has 0 N–H and O–H groups in total. The molecule has 1 saturated carbocycles. The summed E-state index contributed by atoms with van der Waals surface area (Å²) in [5.41, 5.74) is 10.0. The standard InChI is InChI=1S/C36H25BN2S2/c1-2-8-20(9-3-1)38-25-11-5-4-10-21(25)23-18-24-22-16-17-32-35-36(22)39(28(24)19-27(23)38)26-12-6-13-29-33(26)37(35)34-30(40-29)14-7-15-31(34)41-32/h1-5,7-11,14-19,26,29,33H,6,12-13H2. The van der Waals surface area contributed by atoms with Gasteiger partial charge in [-0.2, -0.15) is 0 Å². The van der Waals surface area contributed by atoms with Crippen molar-refractivity contribution in [2.45, 2.75) is 51.1 Å². The van der Waals surface area contributed by atoms with Crippen molar-refractivity contribution in [3.05, 3.63) is 97.1 Å². The number of rotatable bonds is 1. The van der Waals surface area contributed by atoms with Crippen molar-refractivity contribution in [1.82, 2.24) is 9.13 Å². The number of hydrogen-bond donors (Lipinski definition) is 0. The van der Waals surface area contributed by atoms with Gasteiger partial charge in [-0.3, -0.25) is 0 Å². The van der Waals surface area contributed by atoms with Gasteiger partial charge < -0.3 is 9.13 Å². The zero-order valence-electron chi connectivity index (χ0n) is 22.4. The molecule has 3 aliphatic heterocycles. The van der Waals surface area contributed by atoms with E-state index in [2.05, 4.69) is 118 Å². The number of fused-ring (bicyclic) bond motifs is 7.